The van der Waals surface area contributed by atoms with Gasteiger partial charge in [-0.3, -0.25) is 4.57 Å². The number of hydrogen-bond acceptors (Lipinski definition) is 4. The second-order valence-corrected chi connectivity index (χ2v) is 8.46. The average molecular weight is 432 g/mol. The van der Waals surface area contributed by atoms with Crippen LogP contribution in [0.2, 0.25) is 0 Å². The quantitative estimate of drug-likeness (QED) is 0.532. The highest BCUT2D eigenvalue weighted by Gasteiger charge is 2.33. The molecular weight excluding hydrogens is 409 g/mol. The van der Waals surface area contributed by atoms with Crippen LogP contribution in [0.15, 0.2) is 55.1 Å². The number of nitrogens with zero attached hydrogens (tertiary/aromatic N) is 3. The zero-order valence-corrected chi connectivity index (χ0v) is 17.3. The van der Waals surface area contributed by atoms with Crippen molar-refractivity contribution in [2.24, 2.45) is 5.41 Å². The summed E-state index contributed by atoms with van der Waals surface area (Å²) < 4.78 is 39.5. The molecular formula is C22H23F3N4O2. The van der Waals surface area contributed by atoms with E-state index in [1.54, 1.807) is 42.6 Å². The van der Waals surface area contributed by atoms with Crippen molar-refractivity contribution in [3.05, 3.63) is 71.9 Å². The second-order valence-electron chi connectivity index (χ2n) is 8.46. The largest absolute Gasteiger partial charge is 0.478 e. The predicted molar refractivity (Wildman–Crippen MR) is 110 cm³/mol. The van der Waals surface area contributed by atoms with Crippen molar-refractivity contribution in [3.8, 4) is 5.82 Å². The number of aromatic carboxylic acids is 1. The maximum absolute atomic E-state index is 12.8. The molecule has 6 nitrogen and oxygen atoms in total. The average Bonchev–Trinajstić information content (AvgIpc) is 3.18. The number of hydrogen-bond donors (Lipinski definition) is 2. The van der Waals surface area contributed by atoms with E-state index in [4.69, 9.17) is 5.11 Å². The molecule has 2 aromatic heterocycles. The smallest absolute Gasteiger partial charge is 0.434 e. The van der Waals surface area contributed by atoms with Crippen molar-refractivity contribution in [2.45, 2.75) is 39.4 Å². The number of rotatable bonds is 6. The van der Waals surface area contributed by atoms with Crippen LogP contribution in [-0.2, 0) is 6.18 Å². The summed E-state index contributed by atoms with van der Waals surface area (Å²) in [6.07, 6.45) is -0.239. The van der Waals surface area contributed by atoms with E-state index in [2.05, 4.69) is 36.1 Å². The van der Waals surface area contributed by atoms with Crippen molar-refractivity contribution < 1.29 is 23.1 Å². The minimum absolute atomic E-state index is 0.0126. The Kier molecular flexibility index (Phi) is 6.06. The molecule has 1 atom stereocenters. The summed E-state index contributed by atoms with van der Waals surface area (Å²) in [6.45, 7) is 6.31. The number of halogens is 3. The van der Waals surface area contributed by atoms with E-state index in [9.17, 15) is 18.0 Å². The van der Waals surface area contributed by atoms with Gasteiger partial charge in [-0.2, -0.15) is 13.2 Å². The van der Waals surface area contributed by atoms with Crippen LogP contribution in [0.25, 0.3) is 5.82 Å². The highest BCUT2D eigenvalue weighted by atomic mass is 19.4. The lowest BCUT2D eigenvalue weighted by atomic mass is 9.85. The first-order valence-electron chi connectivity index (χ1n) is 9.60. The number of alkyl halides is 3. The van der Waals surface area contributed by atoms with Crippen LogP contribution in [-0.4, -0.2) is 25.6 Å². The number of nitrogens with one attached hydrogen (secondary N) is 1. The number of aromatic nitrogens is 3. The molecule has 1 aromatic carbocycles. The van der Waals surface area contributed by atoms with Crippen molar-refractivity contribution in [1.82, 2.24) is 14.5 Å². The third-order valence-corrected chi connectivity index (χ3v) is 4.60. The monoisotopic (exact) mass is 432 g/mol. The number of carbonyl (C=O) groups is 1. The van der Waals surface area contributed by atoms with Crippen LogP contribution < -0.4 is 5.32 Å². The van der Waals surface area contributed by atoms with Crippen LogP contribution in [0.3, 0.4) is 0 Å². The number of anilines is 1. The molecule has 3 rings (SSSR count). The zero-order chi connectivity index (χ0) is 22.8. The lowest BCUT2D eigenvalue weighted by Gasteiger charge is -2.28. The summed E-state index contributed by atoms with van der Waals surface area (Å²) in [6, 6.07) is 9.90. The van der Waals surface area contributed by atoms with Gasteiger partial charge in [0.2, 0.25) is 0 Å². The molecule has 1 unspecified atom stereocenters. The molecule has 2 heterocycles. The summed E-state index contributed by atoms with van der Waals surface area (Å²) in [5, 5.41) is 12.5. The molecule has 0 amide bonds. The third kappa shape index (κ3) is 5.84. The van der Waals surface area contributed by atoms with Gasteiger partial charge in [0.25, 0.3) is 0 Å². The van der Waals surface area contributed by atoms with Crippen molar-refractivity contribution in [1.29, 1.82) is 0 Å². The van der Waals surface area contributed by atoms with E-state index in [0.717, 1.165) is 24.5 Å². The highest BCUT2D eigenvalue weighted by Crippen LogP contribution is 2.32. The Balaban J connectivity index is 1.81. The Morgan fingerprint density at radius 1 is 1.10 bits per heavy atom. The fourth-order valence-corrected chi connectivity index (χ4v) is 3.14. The summed E-state index contributed by atoms with van der Waals surface area (Å²) >= 11 is 0. The molecule has 0 saturated heterocycles. The minimum atomic E-state index is -4.51. The van der Waals surface area contributed by atoms with Crippen molar-refractivity contribution >= 4 is 11.7 Å². The summed E-state index contributed by atoms with van der Waals surface area (Å²) in [7, 11) is 0. The topological polar surface area (TPSA) is 80.0 Å². The molecule has 31 heavy (non-hydrogen) atoms. The van der Waals surface area contributed by atoms with Gasteiger partial charge in [0.05, 0.1) is 23.5 Å². The molecule has 9 heteroatoms. The van der Waals surface area contributed by atoms with Crippen LogP contribution >= 0.6 is 0 Å². The van der Waals surface area contributed by atoms with E-state index in [1.165, 1.54) is 4.57 Å². The van der Waals surface area contributed by atoms with Gasteiger partial charge in [-0.25, -0.2) is 14.8 Å². The number of imidazole rings is 1. The number of pyridine rings is 1. The molecule has 0 fully saturated rings. The fourth-order valence-electron chi connectivity index (χ4n) is 3.14. The molecule has 3 aromatic rings. The lowest BCUT2D eigenvalue weighted by molar-refractivity contribution is -0.140. The molecule has 0 aliphatic rings. The summed E-state index contributed by atoms with van der Waals surface area (Å²) in [5.41, 5.74) is 0.834. The first-order valence-corrected chi connectivity index (χ1v) is 9.60. The summed E-state index contributed by atoms with van der Waals surface area (Å²) in [5.74, 6) is -0.674. The van der Waals surface area contributed by atoms with Gasteiger partial charge in [-0.1, -0.05) is 32.9 Å². The number of carboxylic acids is 1. The van der Waals surface area contributed by atoms with Gasteiger partial charge in [-0.15, -0.1) is 0 Å². The molecule has 0 spiro atoms. The second kappa shape index (κ2) is 8.41. The molecule has 0 bridgehead atoms. The van der Waals surface area contributed by atoms with Gasteiger partial charge in [0, 0.05) is 6.20 Å². The minimum Gasteiger partial charge on any atom is -0.478 e. The van der Waals surface area contributed by atoms with Crippen LogP contribution in [0.5, 0.6) is 0 Å². The van der Waals surface area contributed by atoms with Gasteiger partial charge in [0.1, 0.15) is 12.1 Å². The van der Waals surface area contributed by atoms with Crippen molar-refractivity contribution in [3.63, 3.8) is 0 Å². The van der Waals surface area contributed by atoms with Crippen LogP contribution in [0.4, 0.5) is 18.9 Å². The van der Waals surface area contributed by atoms with E-state index in [1.807, 2.05) is 0 Å². The fraction of sp³-hybridized carbons (Fsp3) is 0.318. The van der Waals surface area contributed by atoms with E-state index >= 15 is 0 Å². The third-order valence-electron chi connectivity index (χ3n) is 4.60. The van der Waals surface area contributed by atoms with Gasteiger partial charge < -0.3 is 10.4 Å². The first kappa shape index (κ1) is 22.3. The maximum Gasteiger partial charge on any atom is 0.434 e. The Labute approximate surface area is 177 Å². The van der Waals surface area contributed by atoms with E-state index in [0.29, 0.717) is 11.5 Å². The molecule has 164 valence electrons. The zero-order valence-electron chi connectivity index (χ0n) is 17.3. The normalized spacial score (nSPS) is 13.1. The lowest BCUT2D eigenvalue weighted by Crippen LogP contribution is -2.19. The Hall–Kier alpha value is -3.36. The van der Waals surface area contributed by atoms with Gasteiger partial charge in [0.15, 0.2) is 5.69 Å². The summed E-state index contributed by atoms with van der Waals surface area (Å²) in [4.78, 5) is 18.7. The first-order chi connectivity index (χ1) is 14.4. The Morgan fingerprint density at radius 3 is 2.26 bits per heavy atom. The Bertz CT molecular complexity index is 1040. The van der Waals surface area contributed by atoms with Crippen LogP contribution in [0, 0.1) is 5.41 Å². The van der Waals surface area contributed by atoms with Crippen LogP contribution in [0.1, 0.15) is 54.8 Å². The maximum atomic E-state index is 12.8. The molecule has 0 radical (unpaired) electrons. The molecule has 0 saturated carbocycles. The van der Waals surface area contributed by atoms with E-state index in [-0.39, 0.29) is 17.0 Å². The Morgan fingerprint density at radius 2 is 1.77 bits per heavy atom. The SMILES string of the molecule is CC(C)(C)CC(Nc1ccc(-n2cnc(C(F)(F)F)c2)nc1)c1ccc(C(=O)O)cc1. The number of carboxylic acid groups (broad SMARTS) is 1. The molecule has 0 aliphatic heterocycles. The highest BCUT2D eigenvalue weighted by molar-refractivity contribution is 5.87. The number of benzene rings is 1. The standard InChI is InChI=1S/C22H23F3N4O2/c1-21(2,3)10-17(14-4-6-15(7-5-14)20(30)31)28-16-8-9-19(26-11-16)29-12-18(27-13-29)22(23,24)25/h4-9,11-13,17,28H,10H2,1-3H3,(H,30,31). The van der Waals surface area contributed by atoms with Crippen molar-refractivity contribution in [2.75, 3.05) is 5.32 Å². The van der Waals surface area contributed by atoms with Gasteiger partial charge in [-0.05, 0) is 41.7 Å². The molecule has 0 aliphatic carbocycles. The molecule has 2 N–H and O–H groups in total. The van der Waals surface area contributed by atoms with E-state index < -0.39 is 17.8 Å². The predicted octanol–water partition coefficient (Wildman–Crippen LogP) is 5.57. The van der Waals surface area contributed by atoms with Gasteiger partial charge >= 0.3 is 12.1 Å².